The highest BCUT2D eigenvalue weighted by atomic mass is 16.3. The van der Waals surface area contributed by atoms with Crippen molar-refractivity contribution in [2.24, 2.45) is 7.05 Å². The van der Waals surface area contributed by atoms with Crippen LogP contribution in [0.3, 0.4) is 0 Å². The van der Waals surface area contributed by atoms with Crippen LogP contribution in [0.15, 0.2) is 60.9 Å². The van der Waals surface area contributed by atoms with Crippen molar-refractivity contribution in [3.8, 4) is 11.1 Å². The molecular formula is C36H39N7O2. The summed E-state index contributed by atoms with van der Waals surface area (Å²) in [4.78, 5) is 29.9. The lowest BCUT2D eigenvalue weighted by molar-refractivity contribution is 0.101. The zero-order chi connectivity index (χ0) is 31.1. The number of rotatable bonds is 7. The molecule has 1 saturated heterocycles. The Hall–Kier alpha value is -4.44. The quantitative estimate of drug-likeness (QED) is 0.248. The van der Waals surface area contributed by atoms with Crippen LogP contribution < -0.4 is 10.6 Å². The minimum absolute atomic E-state index is 0.201. The normalized spacial score (nSPS) is 16.7. The Kier molecular flexibility index (Phi) is 7.91. The van der Waals surface area contributed by atoms with Gasteiger partial charge in [0.1, 0.15) is 0 Å². The van der Waals surface area contributed by atoms with E-state index in [1.54, 1.807) is 0 Å². The molecule has 0 saturated carbocycles. The van der Waals surface area contributed by atoms with E-state index in [0.29, 0.717) is 25.3 Å². The fraction of sp³-hybridized carbons (Fsp3) is 0.333. The number of aliphatic hydroxyl groups excluding tert-OH is 1. The maximum absolute atomic E-state index is 13.4. The van der Waals surface area contributed by atoms with Crippen molar-refractivity contribution in [2.75, 3.05) is 25.0 Å². The molecule has 3 N–H and O–H groups in total. The summed E-state index contributed by atoms with van der Waals surface area (Å²) in [6.45, 7) is 8.22. The van der Waals surface area contributed by atoms with Gasteiger partial charge in [-0.2, -0.15) is 0 Å². The summed E-state index contributed by atoms with van der Waals surface area (Å²) >= 11 is 0. The number of amides is 1. The number of β-amino-alcohol motifs (C(OH)–C–C–N with tert-alkyl or cyclic N) is 1. The number of carbonyl (C=O) groups is 1. The largest absolute Gasteiger partial charge is 0.392 e. The molecule has 1 fully saturated rings. The molecule has 7 rings (SSSR count). The molecule has 9 nitrogen and oxygen atoms in total. The molecule has 0 aliphatic carbocycles. The number of anilines is 1. The molecule has 5 heterocycles. The van der Waals surface area contributed by atoms with Crippen LogP contribution in [0.5, 0.6) is 0 Å². The smallest absolute Gasteiger partial charge is 0.291 e. The second-order valence-electron chi connectivity index (χ2n) is 12.4. The van der Waals surface area contributed by atoms with E-state index >= 15 is 0 Å². The predicted octanol–water partition coefficient (Wildman–Crippen LogP) is 4.70. The second kappa shape index (κ2) is 12.2. The number of fused-ring (bicyclic) bond motifs is 2. The third kappa shape index (κ3) is 5.75. The van der Waals surface area contributed by atoms with Crippen LogP contribution in [0.25, 0.3) is 22.0 Å². The first-order valence-corrected chi connectivity index (χ1v) is 15.7. The van der Waals surface area contributed by atoms with Gasteiger partial charge in [0.2, 0.25) is 0 Å². The van der Waals surface area contributed by atoms with Gasteiger partial charge < -0.3 is 20.3 Å². The standard InChI is InChI=1S/C36H39N7O2/c1-22-25(17-31-34-26(10-14-38-31)16-24(18-39-34)20-43-15-12-27(44)21-43)6-4-7-28(22)29-8-5-9-30(23(29)2)41-36(45)35-40-32-19-37-13-11-33(32)42(35)3/h4-10,14,16,18,27,37,44H,11-13,15,17,19-21H2,1-3H3,(H,41,45)/t27-/m1/s1. The van der Waals surface area contributed by atoms with Crippen LogP contribution in [0.2, 0.25) is 0 Å². The van der Waals surface area contributed by atoms with Crippen molar-refractivity contribution in [3.63, 3.8) is 0 Å². The summed E-state index contributed by atoms with van der Waals surface area (Å²) in [5.41, 5.74) is 11.4. The van der Waals surface area contributed by atoms with Gasteiger partial charge in [0.15, 0.2) is 5.82 Å². The zero-order valence-electron chi connectivity index (χ0n) is 26.1. The SMILES string of the molecule is Cc1c(Cc2nccc3cc(CN4CC[C@@H](O)C4)cnc23)cccc1-c1cccc(NC(=O)c2nc3c(n2C)CCNC3)c1C. The van der Waals surface area contributed by atoms with Gasteiger partial charge in [0.05, 0.1) is 23.0 Å². The molecule has 2 aromatic carbocycles. The van der Waals surface area contributed by atoms with Gasteiger partial charge in [0, 0.05) is 81.8 Å². The van der Waals surface area contributed by atoms with Crippen molar-refractivity contribution in [1.29, 1.82) is 0 Å². The fourth-order valence-corrected chi connectivity index (χ4v) is 6.84. The molecule has 230 valence electrons. The molecule has 45 heavy (non-hydrogen) atoms. The van der Waals surface area contributed by atoms with Gasteiger partial charge in [-0.25, -0.2) is 4.98 Å². The highest BCUT2D eigenvalue weighted by Crippen LogP contribution is 2.33. The average molecular weight is 602 g/mol. The summed E-state index contributed by atoms with van der Waals surface area (Å²) in [7, 11) is 1.92. The summed E-state index contributed by atoms with van der Waals surface area (Å²) in [5, 5.41) is 17.4. The Morgan fingerprint density at radius 3 is 2.71 bits per heavy atom. The summed E-state index contributed by atoms with van der Waals surface area (Å²) in [5.74, 6) is 0.234. The van der Waals surface area contributed by atoms with Gasteiger partial charge in [-0.3, -0.25) is 19.7 Å². The molecule has 5 aromatic rings. The maximum Gasteiger partial charge on any atom is 0.291 e. The number of pyridine rings is 2. The number of aromatic nitrogens is 4. The van der Waals surface area contributed by atoms with Crippen LogP contribution in [-0.4, -0.2) is 61.2 Å². The van der Waals surface area contributed by atoms with E-state index in [4.69, 9.17) is 9.97 Å². The van der Waals surface area contributed by atoms with Gasteiger partial charge in [-0.15, -0.1) is 0 Å². The monoisotopic (exact) mass is 601 g/mol. The van der Waals surface area contributed by atoms with Crippen LogP contribution in [-0.2, 0) is 33.0 Å². The number of nitrogens with zero attached hydrogens (tertiary/aromatic N) is 5. The molecule has 0 radical (unpaired) electrons. The maximum atomic E-state index is 13.4. The number of hydrogen-bond acceptors (Lipinski definition) is 7. The first-order valence-electron chi connectivity index (χ1n) is 15.7. The van der Waals surface area contributed by atoms with E-state index in [1.807, 2.05) is 42.2 Å². The Balaban J connectivity index is 1.13. The Bertz CT molecular complexity index is 1910. The van der Waals surface area contributed by atoms with E-state index in [2.05, 4.69) is 64.7 Å². The van der Waals surface area contributed by atoms with Crippen molar-refractivity contribution < 1.29 is 9.90 Å². The first kappa shape index (κ1) is 29.3. The Morgan fingerprint density at radius 1 is 1.09 bits per heavy atom. The summed E-state index contributed by atoms with van der Waals surface area (Å²) in [6.07, 6.45) is 5.94. The molecular weight excluding hydrogens is 562 g/mol. The Labute approximate surface area is 263 Å². The van der Waals surface area contributed by atoms with E-state index in [1.165, 1.54) is 11.1 Å². The van der Waals surface area contributed by atoms with Gasteiger partial charge >= 0.3 is 0 Å². The molecule has 2 aliphatic rings. The molecule has 1 atom stereocenters. The van der Waals surface area contributed by atoms with Crippen molar-refractivity contribution >= 4 is 22.5 Å². The van der Waals surface area contributed by atoms with Crippen LogP contribution in [0.1, 0.15) is 56.4 Å². The average Bonchev–Trinajstić information content (AvgIpc) is 3.61. The molecule has 0 unspecified atom stereocenters. The lowest BCUT2D eigenvalue weighted by Gasteiger charge is -2.17. The van der Waals surface area contributed by atoms with Gasteiger partial charge in [-0.1, -0.05) is 30.3 Å². The topological polar surface area (TPSA) is 108 Å². The molecule has 0 bridgehead atoms. The predicted molar refractivity (Wildman–Crippen MR) is 176 cm³/mol. The van der Waals surface area contributed by atoms with Gasteiger partial charge in [-0.05, 0) is 71.8 Å². The van der Waals surface area contributed by atoms with Crippen LogP contribution in [0, 0.1) is 13.8 Å². The zero-order valence-corrected chi connectivity index (χ0v) is 26.1. The van der Waals surface area contributed by atoms with Crippen molar-refractivity contribution in [3.05, 3.63) is 106 Å². The van der Waals surface area contributed by atoms with E-state index in [9.17, 15) is 9.90 Å². The fourth-order valence-electron chi connectivity index (χ4n) is 6.84. The highest BCUT2D eigenvalue weighted by Gasteiger charge is 2.23. The first-order chi connectivity index (χ1) is 21.9. The number of likely N-dealkylation sites (tertiary alicyclic amines) is 1. The third-order valence-corrected chi connectivity index (χ3v) is 9.39. The number of hydrogen-bond donors (Lipinski definition) is 3. The Morgan fingerprint density at radius 2 is 1.91 bits per heavy atom. The minimum Gasteiger partial charge on any atom is -0.392 e. The van der Waals surface area contributed by atoms with E-state index in [-0.39, 0.29) is 12.0 Å². The van der Waals surface area contributed by atoms with Crippen LogP contribution >= 0.6 is 0 Å². The minimum atomic E-state index is -0.229. The summed E-state index contributed by atoms with van der Waals surface area (Å²) < 4.78 is 1.92. The van der Waals surface area contributed by atoms with Gasteiger partial charge in [0.25, 0.3) is 5.91 Å². The lowest BCUT2D eigenvalue weighted by Crippen LogP contribution is -2.24. The molecule has 9 heteroatoms. The third-order valence-electron chi connectivity index (χ3n) is 9.39. The number of benzene rings is 2. The van der Waals surface area contributed by atoms with E-state index < -0.39 is 0 Å². The molecule has 0 spiro atoms. The summed E-state index contributed by atoms with van der Waals surface area (Å²) in [6, 6.07) is 16.7. The van der Waals surface area contributed by atoms with E-state index in [0.717, 1.165) is 88.4 Å². The molecule has 1 amide bonds. The number of carbonyl (C=O) groups excluding carboxylic acids is 1. The number of nitrogens with one attached hydrogen (secondary N) is 2. The lowest BCUT2D eigenvalue weighted by atomic mass is 9.91. The second-order valence-corrected chi connectivity index (χ2v) is 12.4. The highest BCUT2D eigenvalue weighted by molar-refractivity contribution is 6.03. The number of aliphatic hydroxyl groups is 1. The molecule has 3 aromatic heterocycles. The van der Waals surface area contributed by atoms with Crippen molar-refractivity contribution in [2.45, 2.75) is 52.3 Å². The van der Waals surface area contributed by atoms with Crippen LogP contribution in [0.4, 0.5) is 5.69 Å². The van der Waals surface area contributed by atoms with Crippen molar-refractivity contribution in [1.82, 2.24) is 29.7 Å². The number of imidazole rings is 1. The molecule has 2 aliphatic heterocycles.